The number of carbonyl (C=O) groups excluding carboxylic acids is 2. The molecular formula is C23H20ClNO2S. The molecule has 1 atom stereocenters. The summed E-state index contributed by atoms with van der Waals surface area (Å²) in [7, 11) is 0. The van der Waals surface area contributed by atoms with Crippen molar-refractivity contribution in [2.75, 3.05) is 5.32 Å². The Bertz CT molecular complexity index is 958. The molecular weight excluding hydrogens is 390 g/mol. The van der Waals surface area contributed by atoms with Gasteiger partial charge in [0.05, 0.1) is 10.9 Å². The first-order valence-electron chi connectivity index (χ1n) is 9.00. The first-order valence-corrected chi connectivity index (χ1v) is 10.3. The number of benzene rings is 3. The highest BCUT2D eigenvalue weighted by Gasteiger charge is 2.21. The molecule has 0 radical (unpaired) electrons. The zero-order valence-corrected chi connectivity index (χ0v) is 17.0. The molecule has 5 heteroatoms. The van der Waals surface area contributed by atoms with Gasteiger partial charge < -0.3 is 5.32 Å². The number of nitrogens with one attached hydrogen (secondary N) is 1. The molecule has 1 N–H and O–H groups in total. The Morgan fingerprint density at radius 1 is 0.929 bits per heavy atom. The van der Waals surface area contributed by atoms with Crippen LogP contribution in [-0.2, 0) is 4.79 Å². The molecule has 0 heterocycles. The van der Waals surface area contributed by atoms with Gasteiger partial charge in [-0.25, -0.2) is 0 Å². The van der Waals surface area contributed by atoms with Crippen molar-refractivity contribution in [1.82, 2.24) is 0 Å². The lowest BCUT2D eigenvalue weighted by Gasteiger charge is -2.16. The predicted molar refractivity (Wildman–Crippen MR) is 116 cm³/mol. The molecule has 0 saturated heterocycles. The van der Waals surface area contributed by atoms with Gasteiger partial charge in [0.25, 0.3) is 0 Å². The molecule has 0 aliphatic carbocycles. The van der Waals surface area contributed by atoms with Crippen LogP contribution < -0.4 is 5.32 Å². The number of thioether (sulfide) groups is 1. The van der Waals surface area contributed by atoms with E-state index in [2.05, 4.69) is 5.32 Å². The van der Waals surface area contributed by atoms with Gasteiger partial charge in [0.1, 0.15) is 0 Å². The second-order valence-corrected chi connectivity index (χ2v) is 7.91. The Kier molecular flexibility index (Phi) is 6.90. The molecule has 142 valence electrons. The number of hydrogen-bond acceptors (Lipinski definition) is 3. The maximum atomic E-state index is 12.9. The van der Waals surface area contributed by atoms with Gasteiger partial charge in [-0.1, -0.05) is 61.0 Å². The number of rotatable bonds is 7. The van der Waals surface area contributed by atoms with Crippen LogP contribution in [0.1, 0.15) is 29.3 Å². The molecule has 1 amide bonds. The van der Waals surface area contributed by atoms with E-state index in [9.17, 15) is 9.59 Å². The monoisotopic (exact) mass is 409 g/mol. The number of halogens is 1. The Morgan fingerprint density at radius 2 is 1.57 bits per heavy atom. The number of carbonyl (C=O) groups is 2. The van der Waals surface area contributed by atoms with Crippen molar-refractivity contribution in [3.8, 4) is 0 Å². The lowest BCUT2D eigenvalue weighted by Crippen LogP contribution is -2.25. The lowest BCUT2D eigenvalue weighted by atomic mass is 10.0. The summed E-state index contributed by atoms with van der Waals surface area (Å²) in [4.78, 5) is 26.7. The van der Waals surface area contributed by atoms with Gasteiger partial charge in [-0.3, -0.25) is 9.59 Å². The minimum atomic E-state index is -0.277. The van der Waals surface area contributed by atoms with E-state index in [1.807, 2.05) is 55.5 Å². The van der Waals surface area contributed by atoms with Gasteiger partial charge in [0, 0.05) is 21.0 Å². The van der Waals surface area contributed by atoms with Gasteiger partial charge in [-0.2, -0.15) is 0 Å². The Morgan fingerprint density at radius 3 is 2.25 bits per heavy atom. The summed E-state index contributed by atoms with van der Waals surface area (Å²) >= 11 is 7.41. The average Bonchev–Trinajstić information content (AvgIpc) is 2.73. The molecule has 0 aliphatic heterocycles. The molecule has 0 saturated carbocycles. The minimum Gasteiger partial charge on any atom is -0.324 e. The summed E-state index contributed by atoms with van der Waals surface area (Å²) in [5.41, 5.74) is 1.59. The van der Waals surface area contributed by atoms with Gasteiger partial charge in [0.2, 0.25) is 5.91 Å². The van der Waals surface area contributed by atoms with Crippen molar-refractivity contribution < 1.29 is 9.59 Å². The van der Waals surface area contributed by atoms with Crippen LogP contribution in [0.3, 0.4) is 0 Å². The van der Waals surface area contributed by atoms with Crippen molar-refractivity contribution >= 4 is 40.7 Å². The van der Waals surface area contributed by atoms with E-state index in [-0.39, 0.29) is 16.9 Å². The quantitative estimate of drug-likeness (QED) is 0.380. The Labute approximate surface area is 174 Å². The normalized spacial score (nSPS) is 11.6. The smallest absolute Gasteiger partial charge is 0.237 e. The van der Waals surface area contributed by atoms with Crippen molar-refractivity contribution in [3.05, 3.63) is 95.0 Å². The average molecular weight is 410 g/mol. The van der Waals surface area contributed by atoms with Gasteiger partial charge in [-0.05, 0) is 42.8 Å². The third-order valence-corrected chi connectivity index (χ3v) is 5.85. The third kappa shape index (κ3) is 5.03. The fraction of sp³-hybridized carbons (Fsp3) is 0.130. The summed E-state index contributed by atoms with van der Waals surface area (Å²) in [6.45, 7) is 1.97. The van der Waals surface area contributed by atoms with Crippen molar-refractivity contribution in [1.29, 1.82) is 0 Å². The topological polar surface area (TPSA) is 46.2 Å². The number of amides is 1. The van der Waals surface area contributed by atoms with Crippen molar-refractivity contribution in [2.45, 2.75) is 23.5 Å². The lowest BCUT2D eigenvalue weighted by molar-refractivity contribution is -0.115. The van der Waals surface area contributed by atoms with Crippen LogP contribution >= 0.6 is 23.4 Å². The number of anilines is 1. The summed E-state index contributed by atoms with van der Waals surface area (Å²) in [5.74, 6) is -0.245. The molecule has 0 fully saturated rings. The highest BCUT2D eigenvalue weighted by atomic mass is 35.5. The largest absolute Gasteiger partial charge is 0.324 e. The molecule has 3 aromatic rings. The molecule has 0 aliphatic rings. The molecule has 0 aromatic heterocycles. The van der Waals surface area contributed by atoms with E-state index >= 15 is 0 Å². The fourth-order valence-electron chi connectivity index (χ4n) is 2.75. The predicted octanol–water partition coefficient (Wildman–Crippen LogP) is 6.08. The van der Waals surface area contributed by atoms with E-state index in [0.717, 1.165) is 4.90 Å². The third-order valence-electron chi connectivity index (χ3n) is 4.22. The molecule has 3 rings (SSSR count). The standard InChI is InChI=1S/C23H20ClNO2S/c1-2-21(28-18-14-12-17(24)13-15-18)23(27)25-20-11-7-6-10-19(20)22(26)16-8-4-3-5-9-16/h3-15,21H,2H2,1H3,(H,25,27)/t21-/m1/s1. The van der Waals surface area contributed by atoms with Gasteiger partial charge in [-0.15, -0.1) is 11.8 Å². The van der Waals surface area contributed by atoms with Crippen LogP contribution in [0.2, 0.25) is 5.02 Å². The van der Waals surface area contributed by atoms with Crippen LogP contribution in [0, 0.1) is 0 Å². The number of para-hydroxylation sites is 1. The SMILES string of the molecule is CC[C@@H](Sc1ccc(Cl)cc1)C(=O)Nc1ccccc1C(=O)c1ccccc1. The summed E-state index contributed by atoms with van der Waals surface area (Å²) in [6.07, 6.45) is 0.661. The highest BCUT2D eigenvalue weighted by Crippen LogP contribution is 2.28. The van der Waals surface area contributed by atoms with Gasteiger partial charge in [0.15, 0.2) is 5.78 Å². The van der Waals surface area contributed by atoms with E-state index in [1.54, 1.807) is 30.3 Å². The molecule has 0 spiro atoms. The highest BCUT2D eigenvalue weighted by molar-refractivity contribution is 8.00. The second-order valence-electron chi connectivity index (χ2n) is 6.20. The van der Waals surface area contributed by atoms with E-state index in [0.29, 0.717) is 28.3 Å². The number of hydrogen-bond donors (Lipinski definition) is 1. The van der Waals surface area contributed by atoms with Crippen LogP contribution in [0.4, 0.5) is 5.69 Å². The number of ketones is 1. The van der Waals surface area contributed by atoms with Crippen LogP contribution in [0.15, 0.2) is 83.8 Å². The second kappa shape index (κ2) is 9.58. The molecule has 3 aromatic carbocycles. The zero-order valence-electron chi connectivity index (χ0n) is 15.4. The van der Waals surface area contributed by atoms with Gasteiger partial charge >= 0.3 is 0 Å². The van der Waals surface area contributed by atoms with Crippen molar-refractivity contribution in [3.63, 3.8) is 0 Å². The Hall–Kier alpha value is -2.56. The van der Waals surface area contributed by atoms with E-state index in [1.165, 1.54) is 11.8 Å². The maximum absolute atomic E-state index is 12.9. The zero-order chi connectivity index (χ0) is 19.9. The molecule has 28 heavy (non-hydrogen) atoms. The molecule has 3 nitrogen and oxygen atoms in total. The fourth-order valence-corrected chi connectivity index (χ4v) is 3.83. The van der Waals surface area contributed by atoms with E-state index in [4.69, 9.17) is 11.6 Å². The molecule has 0 bridgehead atoms. The summed E-state index contributed by atoms with van der Waals surface area (Å²) < 4.78 is 0. The van der Waals surface area contributed by atoms with Crippen LogP contribution in [0.25, 0.3) is 0 Å². The van der Waals surface area contributed by atoms with Crippen LogP contribution in [0.5, 0.6) is 0 Å². The first-order chi connectivity index (χ1) is 13.6. The van der Waals surface area contributed by atoms with Crippen LogP contribution in [-0.4, -0.2) is 16.9 Å². The minimum absolute atomic E-state index is 0.116. The van der Waals surface area contributed by atoms with Crippen molar-refractivity contribution in [2.24, 2.45) is 0 Å². The maximum Gasteiger partial charge on any atom is 0.237 e. The van der Waals surface area contributed by atoms with E-state index < -0.39 is 0 Å². The Balaban J connectivity index is 1.78. The first kappa shape index (κ1) is 20.2. The molecule has 0 unspecified atom stereocenters. The summed E-state index contributed by atoms with van der Waals surface area (Å²) in [5, 5.41) is 3.32. The summed E-state index contributed by atoms with van der Waals surface area (Å²) in [6, 6.07) is 23.6.